The molecule has 1 aliphatic heterocycles. The summed E-state index contributed by atoms with van der Waals surface area (Å²) in [6, 6.07) is 13.9. The number of rotatable bonds is 7. The van der Waals surface area contributed by atoms with Gasteiger partial charge in [-0.3, -0.25) is 14.5 Å². The van der Waals surface area contributed by atoms with Crippen LogP contribution in [0.5, 0.6) is 0 Å². The summed E-state index contributed by atoms with van der Waals surface area (Å²) in [5, 5.41) is 12.4. The summed E-state index contributed by atoms with van der Waals surface area (Å²) in [6.07, 6.45) is 2.09. The van der Waals surface area contributed by atoms with E-state index >= 15 is 0 Å². The molecule has 2 aromatic carbocycles. The van der Waals surface area contributed by atoms with E-state index in [1.165, 1.54) is 17.0 Å². The molecule has 0 radical (unpaired) electrons. The Kier molecular flexibility index (Phi) is 7.36. The molecule has 0 aromatic heterocycles. The van der Waals surface area contributed by atoms with Crippen LogP contribution in [0.15, 0.2) is 59.5 Å². The van der Waals surface area contributed by atoms with Gasteiger partial charge in [-0.2, -0.15) is 0 Å². The highest BCUT2D eigenvalue weighted by Gasteiger charge is 2.38. The average molecular weight is 445 g/mol. The van der Waals surface area contributed by atoms with Crippen LogP contribution in [-0.2, 0) is 16.0 Å². The Labute approximate surface area is 184 Å². The quantitative estimate of drug-likeness (QED) is 0.507. The van der Waals surface area contributed by atoms with Gasteiger partial charge in [-0.25, -0.2) is 4.39 Å². The van der Waals surface area contributed by atoms with Gasteiger partial charge in [0.1, 0.15) is 16.2 Å². The van der Waals surface area contributed by atoms with Crippen molar-refractivity contribution in [3.8, 4) is 0 Å². The van der Waals surface area contributed by atoms with E-state index in [0.29, 0.717) is 16.9 Å². The zero-order valence-electron chi connectivity index (χ0n) is 16.2. The predicted molar refractivity (Wildman–Crippen MR) is 120 cm³/mol. The molecule has 0 spiro atoms. The summed E-state index contributed by atoms with van der Waals surface area (Å²) in [6.45, 7) is 1.37. The number of amides is 2. The topological polar surface area (TPSA) is 69.6 Å². The maximum atomic E-state index is 13.1. The molecule has 5 nitrogen and oxygen atoms in total. The number of aliphatic hydroxyl groups is 1. The SMILES string of the molecule is CC(C(=O)N[C@@H](CO)Cc1ccccc1)N1C(=O)C(=Cc2ccc(F)cc2)SC1=S. The summed E-state index contributed by atoms with van der Waals surface area (Å²) >= 11 is 6.41. The normalized spacial score (nSPS) is 17.3. The van der Waals surface area contributed by atoms with Crippen LogP contribution in [0.2, 0.25) is 0 Å². The van der Waals surface area contributed by atoms with Crippen molar-refractivity contribution in [1.29, 1.82) is 0 Å². The number of aliphatic hydroxyl groups excluding tert-OH is 1. The van der Waals surface area contributed by atoms with Gasteiger partial charge in [0.2, 0.25) is 5.91 Å². The van der Waals surface area contributed by atoms with Crippen molar-refractivity contribution in [3.63, 3.8) is 0 Å². The molecule has 8 heteroatoms. The van der Waals surface area contributed by atoms with E-state index in [2.05, 4.69) is 5.32 Å². The molecule has 1 aliphatic rings. The lowest BCUT2D eigenvalue weighted by molar-refractivity contribution is -0.132. The Morgan fingerprint density at radius 3 is 2.53 bits per heavy atom. The lowest BCUT2D eigenvalue weighted by atomic mass is 10.1. The number of carbonyl (C=O) groups excluding carboxylic acids is 2. The van der Waals surface area contributed by atoms with Crippen LogP contribution in [0.4, 0.5) is 4.39 Å². The van der Waals surface area contributed by atoms with E-state index in [-0.39, 0.29) is 22.7 Å². The summed E-state index contributed by atoms with van der Waals surface area (Å²) in [4.78, 5) is 27.2. The minimum atomic E-state index is -0.832. The monoisotopic (exact) mass is 444 g/mol. The smallest absolute Gasteiger partial charge is 0.266 e. The number of nitrogens with one attached hydrogen (secondary N) is 1. The third-order valence-electron chi connectivity index (χ3n) is 4.65. The first-order chi connectivity index (χ1) is 14.4. The number of nitrogens with zero attached hydrogens (tertiary/aromatic N) is 1. The van der Waals surface area contributed by atoms with Crippen molar-refractivity contribution >= 4 is 46.2 Å². The van der Waals surface area contributed by atoms with E-state index in [1.54, 1.807) is 25.1 Å². The summed E-state index contributed by atoms with van der Waals surface area (Å²) in [5.41, 5.74) is 1.65. The second-order valence-corrected chi connectivity index (χ2v) is 8.53. The molecular formula is C22H21FN2O3S2. The number of benzene rings is 2. The first kappa shape index (κ1) is 22.1. The highest BCUT2D eigenvalue weighted by Crippen LogP contribution is 2.34. The largest absolute Gasteiger partial charge is 0.394 e. The molecule has 2 aromatic rings. The summed E-state index contributed by atoms with van der Waals surface area (Å²) < 4.78 is 13.4. The van der Waals surface area contributed by atoms with Crippen molar-refractivity contribution in [2.45, 2.75) is 25.4 Å². The Morgan fingerprint density at radius 1 is 1.23 bits per heavy atom. The third-order valence-corrected chi connectivity index (χ3v) is 5.98. The number of thioether (sulfide) groups is 1. The zero-order chi connectivity index (χ0) is 21.7. The Balaban J connectivity index is 1.68. The highest BCUT2D eigenvalue weighted by atomic mass is 32.2. The lowest BCUT2D eigenvalue weighted by Gasteiger charge is -2.25. The number of thiocarbonyl (C=S) groups is 1. The Bertz CT molecular complexity index is 964. The van der Waals surface area contributed by atoms with Crippen LogP contribution in [0, 0.1) is 5.82 Å². The predicted octanol–water partition coefficient (Wildman–Crippen LogP) is 3.14. The first-order valence-electron chi connectivity index (χ1n) is 9.37. The van der Waals surface area contributed by atoms with Gasteiger partial charge in [0.05, 0.1) is 17.6 Å². The highest BCUT2D eigenvalue weighted by molar-refractivity contribution is 8.26. The van der Waals surface area contributed by atoms with Crippen molar-refractivity contribution in [2.24, 2.45) is 0 Å². The minimum absolute atomic E-state index is 0.226. The fraction of sp³-hybridized carbons (Fsp3) is 0.227. The van der Waals surface area contributed by atoms with E-state index in [0.717, 1.165) is 17.3 Å². The van der Waals surface area contributed by atoms with Crippen LogP contribution in [0.1, 0.15) is 18.1 Å². The zero-order valence-corrected chi connectivity index (χ0v) is 17.9. The summed E-state index contributed by atoms with van der Waals surface area (Å²) in [7, 11) is 0. The molecule has 156 valence electrons. The molecule has 0 saturated carbocycles. The van der Waals surface area contributed by atoms with E-state index in [9.17, 15) is 19.1 Å². The molecule has 0 bridgehead atoms. The number of hydrogen-bond acceptors (Lipinski definition) is 5. The van der Waals surface area contributed by atoms with Crippen LogP contribution < -0.4 is 5.32 Å². The standard InChI is InChI=1S/C22H21FN2O3S2/c1-14(20(27)24-18(13-26)11-15-5-3-2-4-6-15)25-21(28)19(30-22(25)29)12-16-7-9-17(23)10-8-16/h2-10,12,14,18,26H,11,13H2,1H3,(H,24,27)/t14?,18-/m1/s1. The second-order valence-electron chi connectivity index (χ2n) is 6.86. The van der Waals surface area contributed by atoms with Gasteiger partial charge in [0, 0.05) is 0 Å². The van der Waals surface area contributed by atoms with Crippen molar-refractivity contribution in [1.82, 2.24) is 10.2 Å². The molecule has 30 heavy (non-hydrogen) atoms. The van der Waals surface area contributed by atoms with Gasteiger partial charge >= 0.3 is 0 Å². The maximum absolute atomic E-state index is 13.1. The number of hydrogen-bond donors (Lipinski definition) is 2. The van der Waals surface area contributed by atoms with Crippen molar-refractivity contribution in [2.75, 3.05) is 6.61 Å². The Hall–Kier alpha value is -2.55. The van der Waals surface area contributed by atoms with Crippen LogP contribution in [0.3, 0.4) is 0 Å². The number of carbonyl (C=O) groups is 2. The molecule has 2 amide bonds. The maximum Gasteiger partial charge on any atom is 0.266 e. The van der Waals surface area contributed by atoms with Crippen molar-refractivity contribution in [3.05, 3.63) is 76.4 Å². The fourth-order valence-electron chi connectivity index (χ4n) is 3.02. The average Bonchev–Trinajstić information content (AvgIpc) is 3.02. The van der Waals surface area contributed by atoms with E-state index in [4.69, 9.17) is 12.2 Å². The third kappa shape index (κ3) is 5.33. The molecule has 1 fully saturated rings. The van der Waals surface area contributed by atoms with Crippen LogP contribution in [-0.4, -0.2) is 44.8 Å². The second kappa shape index (κ2) is 9.97. The minimum Gasteiger partial charge on any atom is -0.394 e. The van der Waals surface area contributed by atoms with Gasteiger partial charge in [-0.1, -0.05) is 66.4 Å². The lowest BCUT2D eigenvalue weighted by Crippen LogP contribution is -2.51. The Morgan fingerprint density at radius 2 is 1.90 bits per heavy atom. The van der Waals surface area contributed by atoms with Gasteiger partial charge in [0.15, 0.2) is 0 Å². The first-order valence-corrected chi connectivity index (χ1v) is 10.6. The molecule has 2 N–H and O–H groups in total. The number of halogens is 1. The van der Waals surface area contributed by atoms with Gasteiger partial charge in [0.25, 0.3) is 5.91 Å². The van der Waals surface area contributed by atoms with Gasteiger partial charge in [-0.15, -0.1) is 0 Å². The molecule has 3 rings (SSSR count). The molecule has 1 unspecified atom stereocenters. The summed E-state index contributed by atoms with van der Waals surface area (Å²) in [5.74, 6) is -1.14. The van der Waals surface area contributed by atoms with E-state index < -0.39 is 18.0 Å². The van der Waals surface area contributed by atoms with Crippen molar-refractivity contribution < 1.29 is 19.1 Å². The fourth-order valence-corrected chi connectivity index (χ4v) is 4.44. The van der Waals surface area contributed by atoms with Gasteiger partial charge in [-0.05, 0) is 42.7 Å². The molecule has 1 heterocycles. The van der Waals surface area contributed by atoms with E-state index in [1.807, 2.05) is 30.3 Å². The van der Waals surface area contributed by atoms with Gasteiger partial charge < -0.3 is 10.4 Å². The molecule has 1 saturated heterocycles. The van der Waals surface area contributed by atoms with Crippen LogP contribution in [0.25, 0.3) is 6.08 Å². The molecule has 0 aliphatic carbocycles. The molecular weight excluding hydrogens is 423 g/mol. The molecule has 2 atom stereocenters. The van der Waals surface area contributed by atoms with Crippen LogP contribution >= 0.6 is 24.0 Å².